The number of benzene rings is 2. The molecule has 1 unspecified atom stereocenters. The van der Waals surface area contributed by atoms with Gasteiger partial charge in [0.1, 0.15) is 10.7 Å². The summed E-state index contributed by atoms with van der Waals surface area (Å²) in [6.45, 7) is 3.75. The molecule has 1 N–H and O–H groups in total. The van der Waals surface area contributed by atoms with E-state index in [1.165, 1.54) is 0 Å². The second kappa shape index (κ2) is 6.90. The molecule has 1 heterocycles. The van der Waals surface area contributed by atoms with E-state index in [2.05, 4.69) is 5.32 Å². The van der Waals surface area contributed by atoms with Crippen LogP contribution in [0, 0.1) is 6.92 Å². The van der Waals surface area contributed by atoms with Gasteiger partial charge in [0.25, 0.3) is 11.8 Å². The van der Waals surface area contributed by atoms with E-state index in [0.29, 0.717) is 10.7 Å². The molecule has 0 fully saturated rings. The summed E-state index contributed by atoms with van der Waals surface area (Å²) in [6, 6.07) is 14.4. The lowest BCUT2D eigenvalue weighted by atomic mass is 10.1. The third kappa shape index (κ3) is 3.28. The van der Waals surface area contributed by atoms with Gasteiger partial charge in [-0.3, -0.25) is 9.59 Å². The molecular weight excluding hydrogens is 359 g/mol. The van der Waals surface area contributed by atoms with Crippen molar-refractivity contribution < 1.29 is 9.59 Å². The highest BCUT2D eigenvalue weighted by Gasteiger charge is 2.39. The van der Waals surface area contributed by atoms with Crippen LogP contribution in [-0.4, -0.2) is 11.8 Å². The molecular formula is C19H16Cl2N2O2. The standard InChI is InChI=1S/C19H16Cl2N2O2/c1-11-8-9-14(10-15(11)20)23-18(24)16(21)17(19(23)25)22-12(2)13-6-4-3-5-7-13/h3-10,12,22H,1-2H3. The number of nitrogens with zero attached hydrogens (tertiary/aromatic N) is 1. The summed E-state index contributed by atoms with van der Waals surface area (Å²) in [5, 5.41) is 3.41. The molecule has 0 saturated heterocycles. The largest absolute Gasteiger partial charge is 0.373 e. The van der Waals surface area contributed by atoms with Crippen LogP contribution in [0.1, 0.15) is 24.1 Å². The van der Waals surface area contributed by atoms with Gasteiger partial charge in [-0.25, -0.2) is 4.90 Å². The van der Waals surface area contributed by atoms with Crippen LogP contribution in [0.4, 0.5) is 5.69 Å². The van der Waals surface area contributed by atoms with E-state index < -0.39 is 11.8 Å². The smallest absolute Gasteiger partial charge is 0.283 e. The van der Waals surface area contributed by atoms with Gasteiger partial charge in [0.2, 0.25) is 0 Å². The van der Waals surface area contributed by atoms with Crippen molar-refractivity contribution in [2.45, 2.75) is 19.9 Å². The van der Waals surface area contributed by atoms with Crippen LogP contribution in [0.3, 0.4) is 0 Å². The first-order valence-corrected chi connectivity index (χ1v) is 8.52. The molecule has 0 bridgehead atoms. The molecule has 25 heavy (non-hydrogen) atoms. The molecule has 0 aliphatic carbocycles. The van der Waals surface area contributed by atoms with Crippen LogP contribution >= 0.6 is 23.2 Å². The number of nitrogens with one attached hydrogen (secondary N) is 1. The first-order chi connectivity index (χ1) is 11.9. The van der Waals surface area contributed by atoms with Crippen molar-refractivity contribution in [3.8, 4) is 0 Å². The minimum absolute atomic E-state index is 0.0970. The minimum Gasteiger partial charge on any atom is -0.373 e. The number of rotatable bonds is 4. The fourth-order valence-electron chi connectivity index (χ4n) is 2.63. The Balaban J connectivity index is 1.88. The maximum absolute atomic E-state index is 12.7. The highest BCUT2D eigenvalue weighted by Crippen LogP contribution is 2.31. The summed E-state index contributed by atoms with van der Waals surface area (Å²) in [5.74, 6) is -1.05. The van der Waals surface area contributed by atoms with Gasteiger partial charge < -0.3 is 5.32 Å². The summed E-state index contributed by atoms with van der Waals surface area (Å²) in [7, 11) is 0. The van der Waals surface area contributed by atoms with Crippen molar-refractivity contribution in [1.29, 1.82) is 0 Å². The predicted molar refractivity (Wildman–Crippen MR) is 99.6 cm³/mol. The zero-order valence-electron chi connectivity index (χ0n) is 13.7. The number of anilines is 1. The molecule has 6 heteroatoms. The molecule has 0 aromatic heterocycles. The van der Waals surface area contributed by atoms with Gasteiger partial charge in [-0.05, 0) is 37.1 Å². The Hall–Kier alpha value is -2.30. The average molecular weight is 375 g/mol. The SMILES string of the molecule is Cc1ccc(N2C(=O)C(Cl)=C(NC(C)c3ccccc3)C2=O)cc1Cl. The van der Waals surface area contributed by atoms with Crippen LogP contribution in [0.25, 0.3) is 0 Å². The van der Waals surface area contributed by atoms with Crippen LogP contribution in [0.15, 0.2) is 59.3 Å². The lowest BCUT2D eigenvalue weighted by Crippen LogP contribution is -2.34. The summed E-state index contributed by atoms with van der Waals surface area (Å²) >= 11 is 12.3. The third-order valence-corrected chi connectivity index (χ3v) is 4.86. The second-order valence-electron chi connectivity index (χ2n) is 5.84. The number of carbonyl (C=O) groups is 2. The normalized spacial score (nSPS) is 15.8. The van der Waals surface area contributed by atoms with E-state index in [0.717, 1.165) is 16.0 Å². The van der Waals surface area contributed by atoms with Crippen LogP contribution in [0.2, 0.25) is 5.02 Å². The first kappa shape index (κ1) is 17.5. The lowest BCUT2D eigenvalue weighted by Gasteiger charge is -2.18. The Bertz CT molecular complexity index is 878. The molecule has 0 spiro atoms. The third-order valence-electron chi connectivity index (χ3n) is 4.10. The van der Waals surface area contributed by atoms with E-state index in [1.807, 2.05) is 44.2 Å². The molecule has 128 valence electrons. The number of amides is 2. The van der Waals surface area contributed by atoms with Crippen molar-refractivity contribution in [2.24, 2.45) is 0 Å². The number of aryl methyl sites for hydroxylation is 1. The highest BCUT2D eigenvalue weighted by molar-refractivity contribution is 6.52. The molecule has 1 aliphatic heterocycles. The van der Waals surface area contributed by atoms with Crippen molar-refractivity contribution >= 4 is 40.7 Å². The van der Waals surface area contributed by atoms with Crippen molar-refractivity contribution in [1.82, 2.24) is 5.32 Å². The monoisotopic (exact) mass is 374 g/mol. The Morgan fingerprint density at radius 2 is 1.68 bits per heavy atom. The molecule has 3 rings (SSSR count). The van der Waals surface area contributed by atoms with Crippen molar-refractivity contribution in [3.63, 3.8) is 0 Å². The predicted octanol–water partition coefficient (Wildman–Crippen LogP) is 4.32. The van der Waals surface area contributed by atoms with E-state index in [9.17, 15) is 9.59 Å². The number of carbonyl (C=O) groups excluding carboxylic acids is 2. The van der Waals surface area contributed by atoms with Gasteiger partial charge in [-0.1, -0.05) is 59.6 Å². The molecule has 0 radical (unpaired) electrons. The van der Waals surface area contributed by atoms with E-state index in [-0.39, 0.29) is 16.8 Å². The van der Waals surface area contributed by atoms with E-state index in [4.69, 9.17) is 23.2 Å². The van der Waals surface area contributed by atoms with Crippen LogP contribution in [-0.2, 0) is 9.59 Å². The molecule has 1 aliphatic rings. The van der Waals surface area contributed by atoms with Gasteiger partial charge in [-0.15, -0.1) is 0 Å². The number of hydrogen-bond donors (Lipinski definition) is 1. The van der Waals surface area contributed by atoms with Gasteiger partial charge in [-0.2, -0.15) is 0 Å². The summed E-state index contributed by atoms with van der Waals surface area (Å²) < 4.78 is 0. The fourth-order valence-corrected chi connectivity index (χ4v) is 3.02. The zero-order chi connectivity index (χ0) is 18.1. The summed E-state index contributed by atoms with van der Waals surface area (Å²) in [5.41, 5.74) is 2.34. The Labute approximate surface area is 156 Å². The quantitative estimate of drug-likeness (QED) is 0.810. The fraction of sp³-hybridized carbons (Fsp3) is 0.158. The number of halogens is 2. The van der Waals surface area contributed by atoms with E-state index in [1.54, 1.807) is 18.2 Å². The number of hydrogen-bond acceptors (Lipinski definition) is 3. The van der Waals surface area contributed by atoms with Crippen molar-refractivity contribution in [2.75, 3.05) is 4.90 Å². The molecule has 4 nitrogen and oxygen atoms in total. The van der Waals surface area contributed by atoms with Gasteiger partial charge in [0.15, 0.2) is 0 Å². The molecule has 1 atom stereocenters. The maximum Gasteiger partial charge on any atom is 0.283 e. The average Bonchev–Trinajstić information content (AvgIpc) is 2.82. The summed E-state index contributed by atoms with van der Waals surface area (Å²) in [6.07, 6.45) is 0. The molecule has 0 saturated carbocycles. The van der Waals surface area contributed by atoms with Gasteiger partial charge in [0, 0.05) is 11.1 Å². The van der Waals surface area contributed by atoms with Gasteiger partial charge >= 0.3 is 0 Å². The maximum atomic E-state index is 12.7. The molecule has 2 amide bonds. The zero-order valence-corrected chi connectivity index (χ0v) is 15.2. The Morgan fingerprint density at radius 3 is 2.32 bits per heavy atom. The highest BCUT2D eigenvalue weighted by atomic mass is 35.5. The van der Waals surface area contributed by atoms with Crippen LogP contribution < -0.4 is 10.2 Å². The first-order valence-electron chi connectivity index (χ1n) is 7.76. The second-order valence-corrected chi connectivity index (χ2v) is 6.63. The topological polar surface area (TPSA) is 49.4 Å². The summed E-state index contributed by atoms with van der Waals surface area (Å²) in [4.78, 5) is 26.3. The van der Waals surface area contributed by atoms with Crippen molar-refractivity contribution in [3.05, 3.63) is 75.4 Å². The Morgan fingerprint density at radius 1 is 1.00 bits per heavy atom. The minimum atomic E-state index is -0.561. The molecule has 2 aromatic rings. The van der Waals surface area contributed by atoms with E-state index >= 15 is 0 Å². The molecule has 2 aromatic carbocycles. The number of imide groups is 1. The van der Waals surface area contributed by atoms with Crippen LogP contribution in [0.5, 0.6) is 0 Å². The Kier molecular flexibility index (Phi) is 4.84. The lowest BCUT2D eigenvalue weighted by molar-refractivity contribution is -0.120. The van der Waals surface area contributed by atoms with Gasteiger partial charge in [0.05, 0.1) is 5.69 Å².